The second-order valence-corrected chi connectivity index (χ2v) is 3.61. The van der Waals surface area contributed by atoms with Crippen LogP contribution in [0, 0.1) is 6.92 Å². The lowest BCUT2D eigenvalue weighted by atomic mass is 10.4. The monoisotopic (exact) mass is 227 g/mol. The van der Waals surface area contributed by atoms with E-state index >= 15 is 0 Å². The van der Waals surface area contributed by atoms with E-state index in [1.165, 1.54) is 0 Å². The third-order valence-corrected chi connectivity index (χ3v) is 2.33. The molecule has 1 aromatic heterocycles. The maximum absolute atomic E-state index is 8.49. The van der Waals surface area contributed by atoms with Gasteiger partial charge in [0.1, 0.15) is 5.82 Å². The summed E-state index contributed by atoms with van der Waals surface area (Å²) in [7, 11) is 0. The number of rotatable bonds is 9. The number of hydrogen-bond donors (Lipinski definition) is 2. The smallest absolute Gasteiger partial charge is 0.105 e. The first-order valence-electron chi connectivity index (χ1n) is 5.71. The lowest BCUT2D eigenvalue weighted by molar-refractivity contribution is 0.0907. The Morgan fingerprint density at radius 3 is 3.00 bits per heavy atom. The van der Waals surface area contributed by atoms with E-state index in [9.17, 15) is 0 Å². The van der Waals surface area contributed by atoms with Crippen molar-refractivity contribution in [1.82, 2.24) is 14.9 Å². The summed E-state index contributed by atoms with van der Waals surface area (Å²) >= 11 is 0. The molecule has 1 rings (SSSR count). The normalized spacial score (nSPS) is 10.9. The van der Waals surface area contributed by atoms with Gasteiger partial charge in [0.25, 0.3) is 0 Å². The van der Waals surface area contributed by atoms with Gasteiger partial charge in [-0.25, -0.2) is 4.98 Å². The van der Waals surface area contributed by atoms with Crippen molar-refractivity contribution < 1.29 is 9.84 Å². The van der Waals surface area contributed by atoms with Gasteiger partial charge in [0.15, 0.2) is 0 Å². The largest absolute Gasteiger partial charge is 0.394 e. The molecule has 1 aromatic rings. The number of ether oxygens (including phenoxy) is 1. The van der Waals surface area contributed by atoms with Gasteiger partial charge in [-0.3, -0.25) is 0 Å². The molecule has 0 unspecified atom stereocenters. The average molecular weight is 227 g/mol. The molecule has 0 bridgehead atoms. The van der Waals surface area contributed by atoms with Crippen LogP contribution in [0.25, 0.3) is 0 Å². The van der Waals surface area contributed by atoms with Gasteiger partial charge in [0.05, 0.1) is 13.2 Å². The van der Waals surface area contributed by atoms with Crippen LogP contribution in [-0.4, -0.2) is 47.6 Å². The fourth-order valence-electron chi connectivity index (χ4n) is 1.43. The van der Waals surface area contributed by atoms with Crippen molar-refractivity contribution in [1.29, 1.82) is 0 Å². The molecule has 0 aliphatic rings. The highest BCUT2D eigenvalue weighted by molar-refractivity contribution is 4.88. The molecule has 1 heterocycles. The number of aliphatic hydroxyl groups excluding tert-OH is 1. The number of aromatic nitrogens is 2. The second kappa shape index (κ2) is 8.27. The Morgan fingerprint density at radius 2 is 2.31 bits per heavy atom. The third kappa shape index (κ3) is 5.25. The summed E-state index contributed by atoms with van der Waals surface area (Å²) in [5.41, 5.74) is 0. The Bertz CT molecular complexity index is 276. The van der Waals surface area contributed by atoms with Gasteiger partial charge in [-0.05, 0) is 19.9 Å². The number of aryl methyl sites for hydroxylation is 1. The molecule has 0 aliphatic carbocycles. The minimum atomic E-state index is 0.104. The van der Waals surface area contributed by atoms with E-state index in [0.717, 1.165) is 31.9 Å². The average Bonchev–Trinajstić information content (AvgIpc) is 2.68. The van der Waals surface area contributed by atoms with Crippen LogP contribution < -0.4 is 5.32 Å². The predicted octanol–water partition coefficient (Wildman–Crippen LogP) is 0.180. The quantitative estimate of drug-likeness (QED) is 0.591. The molecular formula is C11H21N3O2. The summed E-state index contributed by atoms with van der Waals surface area (Å²) in [5.74, 6) is 1.05. The van der Waals surface area contributed by atoms with Crippen LogP contribution in [0.4, 0.5) is 0 Å². The van der Waals surface area contributed by atoms with Crippen LogP contribution in [0.15, 0.2) is 12.4 Å². The van der Waals surface area contributed by atoms with Gasteiger partial charge in [0, 0.05) is 32.1 Å². The highest BCUT2D eigenvalue weighted by atomic mass is 16.5. The summed E-state index contributed by atoms with van der Waals surface area (Å²) in [6.45, 7) is 6.08. The van der Waals surface area contributed by atoms with E-state index < -0.39 is 0 Å². The fourth-order valence-corrected chi connectivity index (χ4v) is 1.43. The zero-order valence-electron chi connectivity index (χ0n) is 9.85. The Morgan fingerprint density at radius 1 is 1.44 bits per heavy atom. The molecule has 0 aliphatic heterocycles. The lowest BCUT2D eigenvalue weighted by Crippen LogP contribution is -2.22. The first-order valence-corrected chi connectivity index (χ1v) is 5.71. The van der Waals surface area contributed by atoms with Crippen LogP contribution in [0.5, 0.6) is 0 Å². The number of aliphatic hydroxyl groups is 1. The molecule has 0 saturated heterocycles. The van der Waals surface area contributed by atoms with Crippen molar-refractivity contribution in [3.8, 4) is 0 Å². The van der Waals surface area contributed by atoms with E-state index in [0.29, 0.717) is 13.2 Å². The highest BCUT2D eigenvalue weighted by Gasteiger charge is 1.95. The Balaban J connectivity index is 1.91. The SMILES string of the molecule is Cc1nccn1CCNCCCOCCO. The van der Waals surface area contributed by atoms with Gasteiger partial charge in [-0.1, -0.05) is 0 Å². The maximum atomic E-state index is 8.49. The Hall–Kier alpha value is -0.910. The van der Waals surface area contributed by atoms with Crippen LogP contribution >= 0.6 is 0 Å². The molecule has 5 nitrogen and oxygen atoms in total. The standard InChI is InChI=1S/C11H21N3O2/c1-11-13-5-7-14(11)6-4-12-3-2-9-16-10-8-15/h5,7,12,15H,2-4,6,8-10H2,1H3. The van der Waals surface area contributed by atoms with Crippen LogP contribution in [0.2, 0.25) is 0 Å². The van der Waals surface area contributed by atoms with Gasteiger partial charge in [-0.15, -0.1) is 0 Å². The van der Waals surface area contributed by atoms with Crippen LogP contribution in [-0.2, 0) is 11.3 Å². The highest BCUT2D eigenvalue weighted by Crippen LogP contribution is 1.93. The molecule has 0 saturated carbocycles. The summed E-state index contributed by atoms with van der Waals surface area (Å²) in [4.78, 5) is 4.16. The minimum Gasteiger partial charge on any atom is -0.394 e. The number of nitrogens with zero attached hydrogens (tertiary/aromatic N) is 2. The van der Waals surface area contributed by atoms with Gasteiger partial charge in [-0.2, -0.15) is 0 Å². The van der Waals surface area contributed by atoms with Gasteiger partial charge in [0.2, 0.25) is 0 Å². The zero-order chi connectivity index (χ0) is 11.6. The van der Waals surface area contributed by atoms with Crippen molar-refractivity contribution >= 4 is 0 Å². The first-order chi connectivity index (χ1) is 7.84. The number of imidazole rings is 1. The summed E-state index contributed by atoms with van der Waals surface area (Å²) in [6.07, 6.45) is 4.78. The third-order valence-electron chi connectivity index (χ3n) is 2.33. The maximum Gasteiger partial charge on any atom is 0.105 e. The fraction of sp³-hybridized carbons (Fsp3) is 0.727. The van der Waals surface area contributed by atoms with Crippen molar-refractivity contribution in [2.24, 2.45) is 0 Å². The van der Waals surface area contributed by atoms with E-state index in [4.69, 9.17) is 9.84 Å². The minimum absolute atomic E-state index is 0.104. The predicted molar refractivity (Wildman–Crippen MR) is 62.4 cm³/mol. The van der Waals surface area contributed by atoms with Crippen LogP contribution in [0.1, 0.15) is 12.2 Å². The topological polar surface area (TPSA) is 59.3 Å². The molecule has 2 N–H and O–H groups in total. The molecule has 0 aromatic carbocycles. The first kappa shape index (κ1) is 13.2. The summed E-state index contributed by atoms with van der Waals surface area (Å²) in [6, 6.07) is 0. The Kier molecular flexibility index (Phi) is 6.80. The molecule has 5 heteroatoms. The van der Waals surface area contributed by atoms with Crippen molar-refractivity contribution in [2.75, 3.05) is 32.9 Å². The molecular weight excluding hydrogens is 206 g/mol. The van der Waals surface area contributed by atoms with E-state index in [1.807, 2.05) is 19.3 Å². The number of nitrogens with one attached hydrogen (secondary N) is 1. The number of hydrogen-bond acceptors (Lipinski definition) is 4. The summed E-state index contributed by atoms with van der Waals surface area (Å²) in [5, 5.41) is 11.8. The molecule has 0 amide bonds. The second-order valence-electron chi connectivity index (χ2n) is 3.61. The lowest BCUT2D eigenvalue weighted by Gasteiger charge is -2.07. The molecule has 0 radical (unpaired) electrons. The molecule has 0 spiro atoms. The van der Waals surface area contributed by atoms with Crippen LogP contribution in [0.3, 0.4) is 0 Å². The van der Waals surface area contributed by atoms with E-state index in [2.05, 4.69) is 14.9 Å². The molecule has 16 heavy (non-hydrogen) atoms. The summed E-state index contributed by atoms with van der Waals surface area (Å²) < 4.78 is 7.27. The van der Waals surface area contributed by atoms with Crippen molar-refractivity contribution in [3.05, 3.63) is 18.2 Å². The van der Waals surface area contributed by atoms with Gasteiger partial charge >= 0.3 is 0 Å². The van der Waals surface area contributed by atoms with Gasteiger partial charge < -0.3 is 19.7 Å². The van der Waals surface area contributed by atoms with Crippen molar-refractivity contribution in [2.45, 2.75) is 19.9 Å². The van der Waals surface area contributed by atoms with E-state index in [1.54, 1.807) is 0 Å². The molecule has 92 valence electrons. The van der Waals surface area contributed by atoms with Crippen molar-refractivity contribution in [3.63, 3.8) is 0 Å². The molecule has 0 fully saturated rings. The zero-order valence-corrected chi connectivity index (χ0v) is 9.85. The van der Waals surface area contributed by atoms with E-state index in [-0.39, 0.29) is 6.61 Å². The Labute approximate surface area is 96.4 Å². The molecule has 0 atom stereocenters.